The maximum atomic E-state index is 11.6. The number of likely N-dealkylation sites (N-methyl/N-ethyl adjacent to an activating group) is 1. The third-order valence-electron chi connectivity index (χ3n) is 3.06. The van der Waals surface area contributed by atoms with Crippen molar-refractivity contribution in [2.45, 2.75) is 51.7 Å². The molecule has 1 heterocycles. The van der Waals surface area contributed by atoms with Gasteiger partial charge in [0.15, 0.2) is 0 Å². The first-order valence-corrected chi connectivity index (χ1v) is 6.22. The van der Waals surface area contributed by atoms with Crippen molar-refractivity contribution in [2.24, 2.45) is 0 Å². The minimum atomic E-state index is 0.128. The molecule has 0 aromatic heterocycles. The second-order valence-corrected chi connectivity index (χ2v) is 5.17. The molecule has 16 heavy (non-hydrogen) atoms. The standard InChI is InChI=1S/C12H25N3O/c1-9(2)14-12(16)8-15(4)11-5-6-13-10(3)7-11/h9-11,13H,5-8H2,1-4H3,(H,14,16). The van der Waals surface area contributed by atoms with Crippen LogP contribution in [0.4, 0.5) is 0 Å². The van der Waals surface area contributed by atoms with E-state index in [0.717, 1.165) is 19.4 Å². The number of hydrogen-bond acceptors (Lipinski definition) is 3. The smallest absolute Gasteiger partial charge is 0.234 e. The maximum Gasteiger partial charge on any atom is 0.234 e. The van der Waals surface area contributed by atoms with Crippen LogP contribution in [0.5, 0.6) is 0 Å². The first kappa shape index (κ1) is 13.5. The average molecular weight is 227 g/mol. The van der Waals surface area contributed by atoms with Crippen LogP contribution in [0.1, 0.15) is 33.6 Å². The molecule has 4 heteroatoms. The van der Waals surface area contributed by atoms with Gasteiger partial charge in [-0.25, -0.2) is 0 Å². The quantitative estimate of drug-likeness (QED) is 0.738. The monoisotopic (exact) mass is 227 g/mol. The number of nitrogens with one attached hydrogen (secondary N) is 2. The highest BCUT2D eigenvalue weighted by molar-refractivity contribution is 5.78. The molecule has 1 aliphatic rings. The van der Waals surface area contributed by atoms with E-state index in [1.54, 1.807) is 0 Å². The average Bonchev–Trinajstić information content (AvgIpc) is 2.16. The molecular weight excluding hydrogens is 202 g/mol. The molecule has 0 bridgehead atoms. The molecule has 1 saturated heterocycles. The number of rotatable bonds is 4. The van der Waals surface area contributed by atoms with E-state index >= 15 is 0 Å². The Balaban J connectivity index is 2.33. The molecule has 1 rings (SSSR count). The Morgan fingerprint density at radius 3 is 2.81 bits per heavy atom. The highest BCUT2D eigenvalue weighted by atomic mass is 16.2. The highest BCUT2D eigenvalue weighted by Gasteiger charge is 2.23. The first-order valence-electron chi connectivity index (χ1n) is 6.22. The number of piperidine rings is 1. The van der Waals surface area contributed by atoms with Gasteiger partial charge < -0.3 is 10.6 Å². The second kappa shape index (κ2) is 6.21. The van der Waals surface area contributed by atoms with Crippen molar-refractivity contribution < 1.29 is 4.79 Å². The molecule has 0 aromatic rings. The number of amides is 1. The zero-order valence-corrected chi connectivity index (χ0v) is 10.9. The van der Waals surface area contributed by atoms with Gasteiger partial charge in [-0.3, -0.25) is 9.69 Å². The van der Waals surface area contributed by atoms with Gasteiger partial charge in [-0.1, -0.05) is 0 Å². The molecule has 1 amide bonds. The molecule has 0 spiro atoms. The summed E-state index contributed by atoms with van der Waals surface area (Å²) in [5.74, 6) is 0.128. The molecule has 0 aromatic carbocycles. The molecule has 1 fully saturated rings. The van der Waals surface area contributed by atoms with Crippen molar-refractivity contribution >= 4 is 5.91 Å². The van der Waals surface area contributed by atoms with E-state index in [1.165, 1.54) is 0 Å². The summed E-state index contributed by atoms with van der Waals surface area (Å²) in [7, 11) is 2.04. The van der Waals surface area contributed by atoms with E-state index in [9.17, 15) is 4.79 Å². The van der Waals surface area contributed by atoms with Gasteiger partial charge in [-0.15, -0.1) is 0 Å². The first-order chi connectivity index (χ1) is 7.49. The summed E-state index contributed by atoms with van der Waals surface area (Å²) in [6.45, 7) is 7.75. The Bertz CT molecular complexity index is 230. The van der Waals surface area contributed by atoms with Crippen molar-refractivity contribution in [1.29, 1.82) is 0 Å². The largest absolute Gasteiger partial charge is 0.353 e. The summed E-state index contributed by atoms with van der Waals surface area (Å²) < 4.78 is 0. The summed E-state index contributed by atoms with van der Waals surface area (Å²) in [6, 6.07) is 1.33. The summed E-state index contributed by atoms with van der Waals surface area (Å²) in [5.41, 5.74) is 0. The predicted molar refractivity (Wildman–Crippen MR) is 66.4 cm³/mol. The van der Waals surface area contributed by atoms with Crippen molar-refractivity contribution in [1.82, 2.24) is 15.5 Å². The topological polar surface area (TPSA) is 44.4 Å². The van der Waals surface area contributed by atoms with Gasteiger partial charge in [0.05, 0.1) is 6.54 Å². The fourth-order valence-corrected chi connectivity index (χ4v) is 2.23. The van der Waals surface area contributed by atoms with Gasteiger partial charge in [-0.05, 0) is 47.2 Å². The summed E-state index contributed by atoms with van der Waals surface area (Å²) in [6.07, 6.45) is 2.27. The van der Waals surface area contributed by atoms with E-state index in [0.29, 0.717) is 18.6 Å². The molecule has 0 aliphatic carbocycles. The SMILES string of the molecule is CC(C)NC(=O)CN(C)C1CCNC(C)C1. The molecule has 2 N–H and O–H groups in total. The van der Waals surface area contributed by atoms with Gasteiger partial charge >= 0.3 is 0 Å². The van der Waals surface area contributed by atoms with E-state index in [1.807, 2.05) is 20.9 Å². The number of hydrogen-bond donors (Lipinski definition) is 2. The van der Waals surface area contributed by atoms with Crippen LogP contribution in [0.3, 0.4) is 0 Å². The van der Waals surface area contributed by atoms with Gasteiger partial charge in [0.1, 0.15) is 0 Å². The van der Waals surface area contributed by atoms with E-state index in [-0.39, 0.29) is 11.9 Å². The lowest BCUT2D eigenvalue weighted by Gasteiger charge is -2.34. The van der Waals surface area contributed by atoms with Gasteiger partial charge in [0.2, 0.25) is 5.91 Å². The van der Waals surface area contributed by atoms with E-state index in [2.05, 4.69) is 22.5 Å². The molecule has 1 aliphatic heterocycles. The molecule has 0 radical (unpaired) electrons. The predicted octanol–water partition coefficient (Wildman–Crippen LogP) is 0.583. The zero-order chi connectivity index (χ0) is 12.1. The van der Waals surface area contributed by atoms with Crippen LogP contribution in [0.25, 0.3) is 0 Å². The lowest BCUT2D eigenvalue weighted by atomic mass is 9.99. The van der Waals surface area contributed by atoms with Crippen LogP contribution in [0.2, 0.25) is 0 Å². The van der Waals surface area contributed by atoms with Crippen LogP contribution < -0.4 is 10.6 Å². The van der Waals surface area contributed by atoms with Crippen LogP contribution in [0, 0.1) is 0 Å². The van der Waals surface area contributed by atoms with Gasteiger partial charge in [0.25, 0.3) is 0 Å². The van der Waals surface area contributed by atoms with Crippen LogP contribution in [-0.2, 0) is 4.79 Å². The summed E-state index contributed by atoms with van der Waals surface area (Å²) in [4.78, 5) is 13.8. The fraction of sp³-hybridized carbons (Fsp3) is 0.917. The molecule has 2 atom stereocenters. The van der Waals surface area contributed by atoms with Crippen LogP contribution in [0.15, 0.2) is 0 Å². The zero-order valence-electron chi connectivity index (χ0n) is 10.9. The van der Waals surface area contributed by atoms with E-state index < -0.39 is 0 Å². The minimum absolute atomic E-state index is 0.128. The van der Waals surface area contributed by atoms with Crippen molar-refractivity contribution in [3.05, 3.63) is 0 Å². The van der Waals surface area contributed by atoms with E-state index in [4.69, 9.17) is 0 Å². The van der Waals surface area contributed by atoms with Gasteiger partial charge in [-0.2, -0.15) is 0 Å². The third kappa shape index (κ3) is 4.49. The summed E-state index contributed by atoms with van der Waals surface area (Å²) >= 11 is 0. The lowest BCUT2D eigenvalue weighted by molar-refractivity contribution is -0.123. The molecule has 0 saturated carbocycles. The second-order valence-electron chi connectivity index (χ2n) is 5.17. The Kier molecular flexibility index (Phi) is 5.22. The molecule has 94 valence electrons. The maximum absolute atomic E-state index is 11.6. The summed E-state index contributed by atoms with van der Waals surface area (Å²) in [5, 5.41) is 6.35. The normalized spacial score (nSPS) is 26.1. The minimum Gasteiger partial charge on any atom is -0.353 e. The Labute approximate surface area is 98.8 Å². The molecular formula is C12H25N3O. The fourth-order valence-electron chi connectivity index (χ4n) is 2.23. The number of carbonyl (C=O) groups excluding carboxylic acids is 1. The Hall–Kier alpha value is -0.610. The van der Waals surface area contributed by atoms with Crippen molar-refractivity contribution in [2.75, 3.05) is 20.1 Å². The highest BCUT2D eigenvalue weighted by Crippen LogP contribution is 2.13. The number of carbonyl (C=O) groups is 1. The van der Waals surface area contributed by atoms with Crippen LogP contribution in [-0.4, -0.2) is 49.1 Å². The van der Waals surface area contributed by atoms with Crippen molar-refractivity contribution in [3.8, 4) is 0 Å². The van der Waals surface area contributed by atoms with Crippen LogP contribution >= 0.6 is 0 Å². The molecule has 2 unspecified atom stereocenters. The lowest BCUT2D eigenvalue weighted by Crippen LogP contribution is -2.48. The molecule has 4 nitrogen and oxygen atoms in total. The Morgan fingerprint density at radius 1 is 1.56 bits per heavy atom. The Morgan fingerprint density at radius 2 is 2.25 bits per heavy atom. The van der Waals surface area contributed by atoms with Crippen molar-refractivity contribution in [3.63, 3.8) is 0 Å². The van der Waals surface area contributed by atoms with Gasteiger partial charge in [0, 0.05) is 18.1 Å². The number of nitrogens with zero attached hydrogens (tertiary/aromatic N) is 1. The third-order valence-corrected chi connectivity index (χ3v) is 3.06.